The maximum Gasteiger partial charge on any atom is 0.0546 e. The Bertz CT molecular complexity index is 3650. The summed E-state index contributed by atoms with van der Waals surface area (Å²) in [7, 11) is 0. The summed E-state index contributed by atoms with van der Waals surface area (Å²) in [6.07, 6.45) is 0. The molecular formula is C66H45N. The molecule has 0 heterocycles. The van der Waals surface area contributed by atoms with Crippen molar-refractivity contribution in [2.45, 2.75) is 0 Å². The van der Waals surface area contributed by atoms with Gasteiger partial charge in [0, 0.05) is 16.9 Å². The fourth-order valence-corrected chi connectivity index (χ4v) is 9.84. The topological polar surface area (TPSA) is 3.24 Å². The van der Waals surface area contributed by atoms with E-state index in [2.05, 4.69) is 278 Å². The molecule has 0 spiro atoms. The smallest absolute Gasteiger partial charge is 0.0546 e. The molecule has 0 aliphatic carbocycles. The normalized spacial score (nSPS) is 11.3. The zero-order valence-electron chi connectivity index (χ0n) is 36.9. The Morgan fingerprint density at radius 3 is 1.19 bits per heavy atom. The van der Waals surface area contributed by atoms with E-state index >= 15 is 0 Å². The molecule has 0 amide bonds. The van der Waals surface area contributed by atoms with E-state index in [0.29, 0.717) is 0 Å². The number of nitrogens with zero attached hydrogens (tertiary/aromatic N) is 1. The van der Waals surface area contributed by atoms with Crippen molar-refractivity contribution < 1.29 is 0 Å². The summed E-state index contributed by atoms with van der Waals surface area (Å²) in [5, 5.41) is 7.37. The second-order valence-electron chi connectivity index (χ2n) is 17.3. The van der Waals surface area contributed by atoms with Crippen LogP contribution in [-0.2, 0) is 0 Å². The summed E-state index contributed by atoms with van der Waals surface area (Å²) < 4.78 is 0. The summed E-state index contributed by atoms with van der Waals surface area (Å²) in [5.74, 6) is 0. The van der Waals surface area contributed by atoms with Crippen LogP contribution in [0.25, 0.3) is 99.1 Å². The molecule has 0 saturated carbocycles. The monoisotopic (exact) mass is 851 g/mol. The highest BCUT2D eigenvalue weighted by Crippen LogP contribution is 2.46. The summed E-state index contributed by atoms with van der Waals surface area (Å²) in [4.78, 5) is 2.45. The highest BCUT2D eigenvalue weighted by molar-refractivity contribution is 6.04. The van der Waals surface area contributed by atoms with Crippen LogP contribution in [-0.4, -0.2) is 0 Å². The predicted molar refractivity (Wildman–Crippen MR) is 286 cm³/mol. The van der Waals surface area contributed by atoms with Gasteiger partial charge in [0.25, 0.3) is 0 Å². The van der Waals surface area contributed by atoms with Gasteiger partial charge in [0.2, 0.25) is 0 Å². The lowest BCUT2D eigenvalue weighted by Gasteiger charge is -2.29. The molecular weight excluding hydrogens is 807 g/mol. The fraction of sp³-hybridized carbons (Fsp3) is 0. The molecule has 1 nitrogen and oxygen atoms in total. The van der Waals surface area contributed by atoms with Gasteiger partial charge in [0.1, 0.15) is 0 Å². The second kappa shape index (κ2) is 17.3. The van der Waals surface area contributed by atoms with Crippen molar-refractivity contribution in [2.24, 2.45) is 0 Å². The molecule has 0 unspecified atom stereocenters. The Balaban J connectivity index is 1.05. The number of hydrogen-bond acceptors (Lipinski definition) is 1. The van der Waals surface area contributed by atoms with Gasteiger partial charge in [-0.15, -0.1) is 0 Å². The SMILES string of the molecule is c1ccc(-c2cc(-c3ccccc3)cc(-c3ccc(N(c4ccc(-c5ccc6ccccc6c5)cc4)c4cc(-c5cccc6ccccc56)ccc4-c4cccc5ccccc45)cc3)c2)cc1. The number of fused-ring (bicyclic) bond motifs is 3. The largest absolute Gasteiger partial charge is 0.310 e. The van der Waals surface area contributed by atoms with E-state index in [1.165, 1.54) is 82.4 Å². The van der Waals surface area contributed by atoms with Gasteiger partial charge in [-0.3, -0.25) is 0 Å². The lowest BCUT2D eigenvalue weighted by atomic mass is 9.91. The maximum absolute atomic E-state index is 2.45. The van der Waals surface area contributed by atoms with Crippen molar-refractivity contribution in [1.82, 2.24) is 0 Å². The molecule has 0 N–H and O–H groups in total. The molecule has 0 aliphatic heterocycles. The molecule has 12 rings (SSSR count). The molecule has 0 fully saturated rings. The van der Waals surface area contributed by atoms with E-state index < -0.39 is 0 Å². The van der Waals surface area contributed by atoms with Gasteiger partial charge in [0.15, 0.2) is 0 Å². The van der Waals surface area contributed by atoms with E-state index in [4.69, 9.17) is 0 Å². The first-order valence-corrected chi connectivity index (χ1v) is 23.1. The Hall–Kier alpha value is -8.78. The molecule has 0 atom stereocenters. The minimum absolute atomic E-state index is 1.07. The molecule has 0 aliphatic rings. The molecule has 0 bridgehead atoms. The zero-order chi connectivity index (χ0) is 44.5. The predicted octanol–water partition coefficient (Wildman–Crippen LogP) is 18.6. The summed E-state index contributed by atoms with van der Waals surface area (Å²) in [6.45, 7) is 0. The van der Waals surface area contributed by atoms with Crippen molar-refractivity contribution in [1.29, 1.82) is 0 Å². The van der Waals surface area contributed by atoms with Gasteiger partial charge < -0.3 is 4.90 Å². The zero-order valence-corrected chi connectivity index (χ0v) is 36.9. The Morgan fingerprint density at radius 2 is 0.612 bits per heavy atom. The highest BCUT2D eigenvalue weighted by Gasteiger charge is 2.21. The highest BCUT2D eigenvalue weighted by atomic mass is 15.1. The van der Waals surface area contributed by atoms with Crippen molar-refractivity contribution in [3.05, 3.63) is 273 Å². The van der Waals surface area contributed by atoms with E-state index in [0.717, 1.165) is 33.8 Å². The average Bonchev–Trinajstić information content (AvgIpc) is 3.41. The molecule has 0 radical (unpaired) electrons. The fourth-order valence-electron chi connectivity index (χ4n) is 9.84. The standard InChI is InChI=1S/C66H45N/c1-3-15-46(16-4-1)56-42-57(47-17-5-2-6-18-47)44-58(43-56)50-33-38-60(39-34-50)67(59-36-31-49(32-37-59)54-30-29-48-19-7-8-22-53(48)41-54)66-45-55(63-27-13-23-51-20-9-11-25-61(51)63)35-40-65(66)64-28-14-24-52-21-10-12-26-62(52)64/h1-45H. The van der Waals surface area contributed by atoms with Gasteiger partial charge >= 0.3 is 0 Å². The number of anilines is 3. The summed E-state index contributed by atoms with van der Waals surface area (Å²) >= 11 is 0. The molecule has 0 saturated heterocycles. The Kier molecular flexibility index (Phi) is 10.3. The Morgan fingerprint density at radius 1 is 0.194 bits per heavy atom. The van der Waals surface area contributed by atoms with Crippen molar-refractivity contribution >= 4 is 49.4 Å². The minimum Gasteiger partial charge on any atom is -0.310 e. The number of rotatable bonds is 9. The molecule has 0 aromatic heterocycles. The van der Waals surface area contributed by atoms with Crippen LogP contribution in [0.2, 0.25) is 0 Å². The first-order chi connectivity index (χ1) is 33.2. The lowest BCUT2D eigenvalue weighted by Crippen LogP contribution is -2.11. The molecule has 12 aromatic rings. The molecule has 12 aromatic carbocycles. The molecule has 67 heavy (non-hydrogen) atoms. The quantitative estimate of drug-likeness (QED) is 0.140. The van der Waals surface area contributed by atoms with E-state index in [9.17, 15) is 0 Å². The van der Waals surface area contributed by atoms with E-state index in [-0.39, 0.29) is 0 Å². The average molecular weight is 852 g/mol. The van der Waals surface area contributed by atoms with Gasteiger partial charge in [-0.2, -0.15) is 0 Å². The van der Waals surface area contributed by atoms with Crippen LogP contribution < -0.4 is 4.90 Å². The summed E-state index contributed by atoms with van der Waals surface area (Å²) in [5.41, 5.74) is 17.5. The first kappa shape index (κ1) is 39.8. The molecule has 1 heteroatoms. The van der Waals surface area contributed by atoms with Crippen molar-refractivity contribution in [2.75, 3.05) is 4.90 Å². The van der Waals surface area contributed by atoms with Crippen LogP contribution in [0.15, 0.2) is 273 Å². The van der Waals surface area contributed by atoms with E-state index in [1.807, 2.05) is 0 Å². The van der Waals surface area contributed by atoms with Crippen LogP contribution in [0.4, 0.5) is 17.1 Å². The maximum atomic E-state index is 2.45. The lowest BCUT2D eigenvalue weighted by molar-refractivity contribution is 1.28. The van der Waals surface area contributed by atoms with Crippen LogP contribution >= 0.6 is 0 Å². The third-order valence-corrected chi connectivity index (χ3v) is 13.2. The summed E-state index contributed by atoms with van der Waals surface area (Å²) in [6, 6.07) is 99.7. The van der Waals surface area contributed by atoms with E-state index in [1.54, 1.807) is 0 Å². The third-order valence-electron chi connectivity index (χ3n) is 13.2. The van der Waals surface area contributed by atoms with Gasteiger partial charge in [-0.05, 0) is 148 Å². The third kappa shape index (κ3) is 7.73. The molecule has 314 valence electrons. The van der Waals surface area contributed by atoms with Gasteiger partial charge in [-0.25, -0.2) is 0 Å². The number of benzene rings is 12. The van der Waals surface area contributed by atoms with Gasteiger partial charge in [0.05, 0.1) is 5.69 Å². The van der Waals surface area contributed by atoms with Crippen LogP contribution in [0.5, 0.6) is 0 Å². The van der Waals surface area contributed by atoms with Crippen LogP contribution in [0.3, 0.4) is 0 Å². The van der Waals surface area contributed by atoms with Crippen LogP contribution in [0.1, 0.15) is 0 Å². The van der Waals surface area contributed by atoms with Gasteiger partial charge in [-0.1, -0.05) is 218 Å². The Labute approximate surface area is 392 Å². The van der Waals surface area contributed by atoms with Crippen LogP contribution in [0, 0.1) is 0 Å². The van der Waals surface area contributed by atoms with Crippen molar-refractivity contribution in [3.8, 4) is 66.8 Å². The van der Waals surface area contributed by atoms with Crippen molar-refractivity contribution in [3.63, 3.8) is 0 Å². The minimum atomic E-state index is 1.07. The second-order valence-corrected chi connectivity index (χ2v) is 17.3. The number of hydrogen-bond donors (Lipinski definition) is 0. The first-order valence-electron chi connectivity index (χ1n) is 23.1.